The molecule has 0 amide bonds. The van der Waals surface area contributed by atoms with Gasteiger partial charge < -0.3 is 40.9 Å². The topological polar surface area (TPSA) is 61.1 Å². The van der Waals surface area contributed by atoms with Gasteiger partial charge in [0.2, 0.25) is 0 Å². The zero-order chi connectivity index (χ0) is 25.4. The zero-order valence-corrected chi connectivity index (χ0v) is 23.8. The van der Waals surface area contributed by atoms with Crippen molar-refractivity contribution in [3.05, 3.63) is 12.2 Å². The number of nitrogens with zero attached hydrogens (tertiary/aromatic N) is 4. The van der Waals surface area contributed by atoms with Gasteiger partial charge in [-0.15, -0.1) is 0 Å². The van der Waals surface area contributed by atoms with Gasteiger partial charge in [0, 0.05) is 52.4 Å². The Morgan fingerprint density at radius 1 is 0.400 bits per heavy atom. The molecule has 8 heteroatoms. The smallest absolute Gasteiger partial charge is 0.0161 e. The van der Waals surface area contributed by atoms with Crippen molar-refractivity contribution >= 4 is 0 Å². The molecule has 0 spiro atoms. The van der Waals surface area contributed by atoms with Crippen molar-refractivity contribution in [1.29, 1.82) is 0 Å². The maximum atomic E-state index is 3.38. The fraction of sp³-hybridized carbons (Fsp3) is 0.926. The predicted octanol–water partition coefficient (Wildman–Crippen LogP) is 0.592. The molecule has 0 aromatic carbocycles. The van der Waals surface area contributed by atoms with Gasteiger partial charge in [0.05, 0.1) is 0 Å². The van der Waals surface area contributed by atoms with Gasteiger partial charge >= 0.3 is 0 Å². The lowest BCUT2D eigenvalue weighted by Crippen LogP contribution is -2.33. The van der Waals surface area contributed by atoms with Crippen LogP contribution in [0.4, 0.5) is 0 Å². The number of hydrogen-bond donors (Lipinski definition) is 4. The third-order valence-electron chi connectivity index (χ3n) is 6.68. The average molecular weight is 497 g/mol. The molecule has 0 radical (unpaired) electrons. The van der Waals surface area contributed by atoms with Crippen molar-refractivity contribution in [3.63, 3.8) is 0 Å². The normalized spacial score (nSPS) is 25.5. The summed E-state index contributed by atoms with van der Waals surface area (Å²) in [7, 11) is 8.70. The van der Waals surface area contributed by atoms with Gasteiger partial charge in [-0.05, 0) is 113 Å². The van der Waals surface area contributed by atoms with Gasteiger partial charge in [-0.3, -0.25) is 0 Å². The Balaban J connectivity index is 0.000000234. The Hall–Kier alpha value is -0.580. The van der Waals surface area contributed by atoms with Crippen LogP contribution >= 0.6 is 0 Å². The van der Waals surface area contributed by atoms with Crippen molar-refractivity contribution in [2.45, 2.75) is 32.1 Å². The van der Waals surface area contributed by atoms with Crippen LogP contribution in [-0.2, 0) is 0 Å². The molecule has 0 saturated carbocycles. The summed E-state index contributed by atoms with van der Waals surface area (Å²) in [6.45, 7) is 19.0. The Labute approximate surface area is 218 Å². The van der Waals surface area contributed by atoms with E-state index in [2.05, 4.69) is 81.2 Å². The van der Waals surface area contributed by atoms with Gasteiger partial charge in [-0.2, -0.15) is 0 Å². The highest BCUT2D eigenvalue weighted by Crippen LogP contribution is 1.94. The summed E-state index contributed by atoms with van der Waals surface area (Å²) in [5.41, 5.74) is 0. The fourth-order valence-electron chi connectivity index (χ4n) is 4.19. The molecule has 4 rings (SSSR count). The molecule has 0 aliphatic carbocycles. The maximum Gasteiger partial charge on any atom is 0.0161 e. The number of rotatable bonds is 0. The summed E-state index contributed by atoms with van der Waals surface area (Å²) in [5, 5.41) is 13.4. The second-order valence-electron chi connectivity index (χ2n) is 10.4. The first-order valence-electron chi connectivity index (χ1n) is 14.3. The van der Waals surface area contributed by atoms with Crippen molar-refractivity contribution in [3.8, 4) is 0 Å². The van der Waals surface area contributed by atoms with E-state index in [1.807, 2.05) is 0 Å². The monoisotopic (exact) mass is 496 g/mol. The van der Waals surface area contributed by atoms with Crippen LogP contribution < -0.4 is 21.3 Å². The van der Waals surface area contributed by atoms with E-state index in [0.29, 0.717) is 0 Å². The quantitative estimate of drug-likeness (QED) is 0.364. The molecule has 4 N–H and O–H groups in total. The molecule has 3 fully saturated rings. The molecule has 35 heavy (non-hydrogen) atoms. The highest BCUT2D eigenvalue weighted by molar-refractivity contribution is 4.87. The molecular formula is C27H60N8. The van der Waals surface area contributed by atoms with Crippen LogP contribution in [0.2, 0.25) is 0 Å². The largest absolute Gasteiger partial charge is 0.317 e. The molecular weight excluding hydrogens is 436 g/mol. The Bertz CT molecular complexity index is 432. The summed E-state index contributed by atoms with van der Waals surface area (Å²) >= 11 is 0. The fourth-order valence-corrected chi connectivity index (χ4v) is 4.19. The van der Waals surface area contributed by atoms with Gasteiger partial charge in [0.25, 0.3) is 0 Å². The van der Waals surface area contributed by atoms with Crippen molar-refractivity contribution < 1.29 is 0 Å². The highest BCUT2D eigenvalue weighted by Gasteiger charge is 2.02. The Morgan fingerprint density at radius 3 is 1.43 bits per heavy atom. The van der Waals surface area contributed by atoms with Crippen molar-refractivity contribution in [2.75, 3.05) is 133 Å². The van der Waals surface area contributed by atoms with Crippen LogP contribution in [0, 0.1) is 0 Å². The summed E-state index contributed by atoms with van der Waals surface area (Å²) < 4.78 is 0. The van der Waals surface area contributed by atoms with Gasteiger partial charge in [0.15, 0.2) is 0 Å². The van der Waals surface area contributed by atoms with E-state index in [1.165, 1.54) is 97.6 Å². The first-order valence-corrected chi connectivity index (χ1v) is 14.3. The molecule has 3 saturated heterocycles. The lowest BCUT2D eigenvalue weighted by atomic mass is 10.2. The Kier molecular flexibility index (Phi) is 22.1. The lowest BCUT2D eigenvalue weighted by molar-refractivity contribution is 0.304. The van der Waals surface area contributed by atoms with Crippen LogP contribution in [0.15, 0.2) is 12.2 Å². The summed E-state index contributed by atoms with van der Waals surface area (Å²) in [6, 6.07) is 0. The highest BCUT2D eigenvalue weighted by atomic mass is 15.1. The van der Waals surface area contributed by atoms with Crippen LogP contribution in [-0.4, -0.2) is 153 Å². The average Bonchev–Trinajstić information content (AvgIpc) is 3.05. The van der Waals surface area contributed by atoms with E-state index in [4.69, 9.17) is 0 Å². The van der Waals surface area contributed by atoms with E-state index < -0.39 is 0 Å². The maximum absolute atomic E-state index is 3.38. The molecule has 0 aromatic heterocycles. The molecule has 0 atom stereocenters. The molecule has 0 aromatic rings. The molecule has 0 bridgehead atoms. The van der Waals surface area contributed by atoms with Crippen molar-refractivity contribution in [1.82, 2.24) is 40.9 Å². The molecule has 4 heterocycles. The minimum atomic E-state index is 1.04. The van der Waals surface area contributed by atoms with E-state index >= 15 is 0 Å². The summed E-state index contributed by atoms with van der Waals surface area (Å²) in [6.07, 6.45) is 11.0. The van der Waals surface area contributed by atoms with Crippen LogP contribution in [0.3, 0.4) is 0 Å². The van der Waals surface area contributed by atoms with Gasteiger partial charge in [-0.25, -0.2) is 0 Å². The molecule has 208 valence electrons. The standard InChI is InChI=1S/2C7H16N2.C7H14N2.C6H14N2/c1-9-6-2-4-8-5-3-7-9;2*1-9-6-3-2-4-8-5-7-9;1-8-5-2-3-7-4-6-8/h2*8H,2-7H2,1H3;2-3,8H,4-7H2,1H3;7H,2-6H2,1H3/b;;3-2-;. The Morgan fingerprint density at radius 2 is 0.829 bits per heavy atom. The minimum absolute atomic E-state index is 1.04. The van der Waals surface area contributed by atoms with E-state index in [0.717, 1.165) is 39.3 Å². The van der Waals surface area contributed by atoms with Crippen LogP contribution in [0.5, 0.6) is 0 Å². The third kappa shape index (κ3) is 22.4. The summed E-state index contributed by atoms with van der Waals surface area (Å²) in [5.74, 6) is 0. The second kappa shape index (κ2) is 23.8. The lowest BCUT2D eigenvalue weighted by Gasteiger charge is -2.19. The molecule has 8 nitrogen and oxygen atoms in total. The molecule has 4 aliphatic heterocycles. The molecule has 4 aliphatic rings. The minimum Gasteiger partial charge on any atom is -0.317 e. The van der Waals surface area contributed by atoms with E-state index in [-0.39, 0.29) is 0 Å². The second-order valence-corrected chi connectivity index (χ2v) is 10.4. The zero-order valence-electron chi connectivity index (χ0n) is 23.8. The molecule has 0 unspecified atom stereocenters. The number of likely N-dealkylation sites (N-methyl/N-ethyl adjacent to an activating group) is 3. The van der Waals surface area contributed by atoms with Crippen molar-refractivity contribution in [2.24, 2.45) is 0 Å². The first-order chi connectivity index (χ1) is 17.1. The number of nitrogens with one attached hydrogen (secondary N) is 4. The third-order valence-corrected chi connectivity index (χ3v) is 6.68. The van der Waals surface area contributed by atoms with E-state index in [1.54, 1.807) is 0 Å². The van der Waals surface area contributed by atoms with Crippen LogP contribution in [0.25, 0.3) is 0 Å². The predicted molar refractivity (Wildman–Crippen MR) is 154 cm³/mol. The van der Waals surface area contributed by atoms with E-state index in [9.17, 15) is 0 Å². The van der Waals surface area contributed by atoms with Gasteiger partial charge in [-0.1, -0.05) is 12.2 Å². The first kappa shape index (κ1) is 32.4. The SMILES string of the molecule is CN1C/C=C\CNCC1.CN1CCCCNCC1.CN1CCCNCC1.CN1CCCNCCC1. The van der Waals surface area contributed by atoms with Gasteiger partial charge in [0.1, 0.15) is 0 Å². The van der Waals surface area contributed by atoms with Crippen LogP contribution in [0.1, 0.15) is 32.1 Å². The number of hydrogen-bond acceptors (Lipinski definition) is 8. The summed E-state index contributed by atoms with van der Waals surface area (Å²) in [4.78, 5) is 9.44.